The van der Waals surface area contributed by atoms with Gasteiger partial charge < -0.3 is 46.5 Å². The molecule has 0 radical (unpaired) electrons. The Balaban J connectivity index is 1.09. The summed E-state index contributed by atoms with van der Waals surface area (Å²) >= 11 is 0. The molecule has 0 saturated heterocycles. The molecule has 0 bridgehead atoms. The monoisotopic (exact) mass is 914 g/mol. The van der Waals surface area contributed by atoms with Crippen LogP contribution in [0.3, 0.4) is 0 Å². The Labute approximate surface area is 395 Å². The van der Waals surface area contributed by atoms with Gasteiger partial charge >= 0.3 is 5.97 Å². The number of aliphatic hydroxyl groups is 4. The van der Waals surface area contributed by atoms with Crippen LogP contribution in [-0.2, 0) is 17.6 Å². The van der Waals surface area contributed by atoms with Crippen molar-refractivity contribution in [2.45, 2.75) is 134 Å². The number of nitrogens with two attached hydrogens (primary N) is 1. The number of phenolic OH excluding ortho intramolecular Hbond substituents is 2. The predicted octanol–water partition coefficient (Wildman–Crippen LogP) is 10.3. The maximum Gasteiger partial charge on any atom is 0.309 e. The van der Waals surface area contributed by atoms with Gasteiger partial charge in [0.1, 0.15) is 17.3 Å². The largest absolute Gasteiger partial charge is 0.508 e. The number of aliphatic hydroxyl groups excluding tert-OH is 3. The van der Waals surface area contributed by atoms with E-state index in [9.17, 15) is 40.5 Å². The standard InChI is InChI=1S/C56H71N3O8/c1-2-3-7-14-37-21-22-41(50(62)30-37)19-12-6-13-20-43(55(65)66)49(61)23-25-56(67)35-39(27-38-24-26-58-52(57)31-38)29-47(56)54(64)48-34-44(40-17-10-5-11-18-40)53(59-48)46-32-42(60)33-51(63)45(46)28-36-15-8-4-9-16-36/h4-5,8-11,15-18,21-22,24,26,31-34,37,39,41,43,47,49-50,54,59-64,67H,2-3,6-7,12-14,19-20,23,25,27-30,35H2,1H3,(H2,57,58)(H,65,66). The molecule has 5 aromatic rings. The predicted molar refractivity (Wildman–Crippen MR) is 263 cm³/mol. The van der Waals surface area contributed by atoms with Gasteiger partial charge in [-0.25, -0.2) is 4.98 Å². The lowest BCUT2D eigenvalue weighted by Crippen LogP contribution is -2.39. The Morgan fingerprint density at radius 3 is 2.31 bits per heavy atom. The molecular weight excluding hydrogens is 843 g/mol. The first kappa shape index (κ1) is 49.4. The summed E-state index contributed by atoms with van der Waals surface area (Å²) in [5.74, 6) is -2.14. The second-order valence-electron chi connectivity index (χ2n) is 19.6. The van der Waals surface area contributed by atoms with E-state index in [1.807, 2.05) is 78.9 Å². The third-order valence-corrected chi connectivity index (χ3v) is 14.7. The molecule has 7 rings (SSSR count). The fourth-order valence-electron chi connectivity index (χ4n) is 11.0. The van der Waals surface area contributed by atoms with Crippen LogP contribution >= 0.6 is 0 Å². The normalized spacial score (nSPS) is 23.0. The maximum absolute atomic E-state index is 12.7. The minimum absolute atomic E-state index is 0.0285. The van der Waals surface area contributed by atoms with Crippen molar-refractivity contribution in [1.82, 2.24) is 9.97 Å². The van der Waals surface area contributed by atoms with Crippen molar-refractivity contribution < 1.29 is 40.5 Å². The fraction of sp³-hybridized carbons (Fsp3) is 0.464. The Morgan fingerprint density at radius 2 is 1.60 bits per heavy atom. The molecule has 2 heterocycles. The van der Waals surface area contributed by atoms with Crippen LogP contribution in [0.15, 0.2) is 109 Å². The number of nitrogens with zero attached hydrogens (tertiary/aromatic N) is 1. The zero-order valence-corrected chi connectivity index (χ0v) is 38.9. The molecule has 10 N–H and O–H groups in total. The molecule has 1 saturated carbocycles. The van der Waals surface area contributed by atoms with Crippen LogP contribution in [0.5, 0.6) is 11.5 Å². The molecule has 358 valence electrons. The lowest BCUT2D eigenvalue weighted by atomic mass is 9.79. The van der Waals surface area contributed by atoms with E-state index in [-0.39, 0.29) is 42.3 Å². The number of allylic oxidation sites excluding steroid dienone is 1. The van der Waals surface area contributed by atoms with Gasteiger partial charge in [-0.2, -0.15) is 0 Å². The van der Waals surface area contributed by atoms with Crippen molar-refractivity contribution in [3.05, 3.63) is 132 Å². The second-order valence-corrected chi connectivity index (χ2v) is 19.6. The summed E-state index contributed by atoms with van der Waals surface area (Å²) in [4.78, 5) is 20.2. The highest BCUT2D eigenvalue weighted by Crippen LogP contribution is 2.51. The number of hydrogen-bond donors (Lipinski definition) is 9. The molecule has 11 nitrogen and oxygen atoms in total. The van der Waals surface area contributed by atoms with E-state index in [1.54, 1.807) is 12.3 Å². The number of hydrogen-bond acceptors (Lipinski definition) is 9. The first-order valence-corrected chi connectivity index (χ1v) is 24.6. The second kappa shape index (κ2) is 23.0. The number of pyridine rings is 1. The van der Waals surface area contributed by atoms with Crippen LogP contribution < -0.4 is 5.73 Å². The van der Waals surface area contributed by atoms with Crippen molar-refractivity contribution in [3.63, 3.8) is 0 Å². The summed E-state index contributed by atoms with van der Waals surface area (Å²) in [7, 11) is 0. The van der Waals surface area contributed by atoms with Gasteiger partial charge in [0.05, 0.1) is 35.5 Å². The summed E-state index contributed by atoms with van der Waals surface area (Å²) in [6.07, 6.45) is 14.0. The molecule has 2 aromatic heterocycles. The number of aromatic nitrogens is 2. The number of aromatic hydroxyl groups is 2. The summed E-state index contributed by atoms with van der Waals surface area (Å²) in [5, 5.41) is 80.1. The van der Waals surface area contributed by atoms with Crippen molar-refractivity contribution in [1.29, 1.82) is 0 Å². The molecule has 67 heavy (non-hydrogen) atoms. The molecule has 3 aromatic carbocycles. The molecule has 9 atom stereocenters. The highest BCUT2D eigenvalue weighted by atomic mass is 16.4. The number of nitrogens with one attached hydrogen (secondary N) is 1. The van der Waals surface area contributed by atoms with Crippen molar-refractivity contribution in [2.24, 2.45) is 29.6 Å². The molecule has 0 aliphatic heterocycles. The molecule has 11 heteroatoms. The molecule has 2 aliphatic rings. The van der Waals surface area contributed by atoms with Gasteiger partial charge in [-0.05, 0) is 111 Å². The van der Waals surface area contributed by atoms with Crippen LogP contribution in [0, 0.1) is 29.6 Å². The fourth-order valence-corrected chi connectivity index (χ4v) is 11.0. The summed E-state index contributed by atoms with van der Waals surface area (Å²) in [6, 6.07) is 27.9. The number of carbonyl (C=O) groups is 1. The Hall–Kier alpha value is -5.46. The lowest BCUT2D eigenvalue weighted by Gasteiger charge is -2.34. The first-order valence-electron chi connectivity index (χ1n) is 24.6. The van der Waals surface area contributed by atoms with E-state index < -0.39 is 35.6 Å². The van der Waals surface area contributed by atoms with Crippen LogP contribution in [0.2, 0.25) is 0 Å². The number of aliphatic carboxylic acids is 1. The van der Waals surface area contributed by atoms with E-state index in [2.05, 4.69) is 29.0 Å². The molecular formula is C56H71N3O8. The molecule has 0 spiro atoms. The topological polar surface area (TPSA) is 213 Å². The van der Waals surface area contributed by atoms with Crippen molar-refractivity contribution in [3.8, 4) is 33.9 Å². The average molecular weight is 914 g/mol. The van der Waals surface area contributed by atoms with Crippen molar-refractivity contribution in [2.75, 3.05) is 5.73 Å². The third kappa shape index (κ3) is 12.8. The Kier molecular flexibility index (Phi) is 17.0. The van der Waals surface area contributed by atoms with Gasteiger partial charge in [-0.1, -0.05) is 118 Å². The quantitative estimate of drug-likeness (QED) is 0.0223. The smallest absolute Gasteiger partial charge is 0.309 e. The number of unbranched alkanes of at least 4 members (excludes halogenated alkanes) is 4. The summed E-state index contributed by atoms with van der Waals surface area (Å²) < 4.78 is 0. The number of carboxylic acid groups (broad SMARTS) is 1. The number of H-pyrrole nitrogens is 1. The number of carboxylic acids is 1. The highest BCUT2D eigenvalue weighted by Gasteiger charge is 2.50. The van der Waals surface area contributed by atoms with Crippen LogP contribution in [-0.4, -0.2) is 69.5 Å². The molecule has 0 amide bonds. The van der Waals surface area contributed by atoms with E-state index in [1.165, 1.54) is 25.3 Å². The minimum Gasteiger partial charge on any atom is -0.508 e. The third-order valence-electron chi connectivity index (χ3n) is 14.7. The minimum atomic E-state index is -1.48. The number of benzene rings is 3. The Bertz CT molecular complexity index is 2390. The summed E-state index contributed by atoms with van der Waals surface area (Å²) in [5.41, 5.74) is 10.2. The van der Waals surface area contributed by atoms with Gasteiger partial charge in [-0.3, -0.25) is 4.79 Å². The lowest BCUT2D eigenvalue weighted by molar-refractivity contribution is -0.147. The van der Waals surface area contributed by atoms with Gasteiger partial charge in [0.25, 0.3) is 0 Å². The Morgan fingerprint density at radius 1 is 0.851 bits per heavy atom. The van der Waals surface area contributed by atoms with E-state index >= 15 is 0 Å². The van der Waals surface area contributed by atoms with Crippen LogP contribution in [0.1, 0.15) is 125 Å². The van der Waals surface area contributed by atoms with Gasteiger partial charge in [0, 0.05) is 52.9 Å². The molecule has 1 fully saturated rings. The average Bonchev–Trinajstić information content (AvgIpc) is 3.90. The van der Waals surface area contributed by atoms with Crippen LogP contribution in [0.25, 0.3) is 22.4 Å². The van der Waals surface area contributed by atoms with Crippen LogP contribution in [0.4, 0.5) is 5.82 Å². The number of rotatable bonds is 23. The maximum atomic E-state index is 12.7. The number of aromatic amines is 1. The SMILES string of the molecule is CCCCCC1C=CC(CCCCCC(C(=O)O)C(O)CCC2(O)CC(Cc3ccnc(N)c3)CC2C(O)c2cc(-c3ccccc3)c(-c3cc(O)cc(O)c3Cc3ccccc3)[nH]2)C(O)C1. The molecule has 2 aliphatic carbocycles. The zero-order chi connectivity index (χ0) is 47.5. The van der Waals surface area contributed by atoms with Gasteiger partial charge in [-0.15, -0.1) is 0 Å². The number of phenols is 2. The van der Waals surface area contributed by atoms with E-state index in [0.717, 1.165) is 54.4 Å². The van der Waals surface area contributed by atoms with E-state index in [4.69, 9.17) is 5.73 Å². The highest BCUT2D eigenvalue weighted by molar-refractivity contribution is 5.85. The molecule has 9 unspecified atom stereocenters. The summed E-state index contributed by atoms with van der Waals surface area (Å²) in [6.45, 7) is 2.20. The van der Waals surface area contributed by atoms with Crippen molar-refractivity contribution >= 4 is 11.8 Å². The first-order chi connectivity index (χ1) is 32.3. The van der Waals surface area contributed by atoms with Gasteiger partial charge in [0.2, 0.25) is 0 Å². The number of nitrogen functional groups attached to an aromatic ring is 1. The number of anilines is 1. The van der Waals surface area contributed by atoms with Gasteiger partial charge in [0.15, 0.2) is 0 Å². The van der Waals surface area contributed by atoms with E-state index in [0.29, 0.717) is 72.8 Å². The zero-order valence-electron chi connectivity index (χ0n) is 38.9.